The first-order chi connectivity index (χ1) is 71.4. The van der Waals surface area contributed by atoms with Crippen LogP contribution in [0, 0.1) is 82.9 Å². The van der Waals surface area contributed by atoms with Gasteiger partial charge in [-0.15, -0.1) is 0 Å². The highest BCUT2D eigenvalue weighted by Crippen LogP contribution is 2.46. The van der Waals surface area contributed by atoms with Crippen molar-refractivity contribution in [2.75, 3.05) is 0 Å². The molecule has 25 rings (SSSR count). The van der Waals surface area contributed by atoms with Crippen LogP contribution in [0.5, 0.6) is 0 Å². The topological polar surface area (TPSA) is 150 Å². The Morgan fingerprint density at radius 1 is 0.218 bits per heavy atom. The average molecular weight is 1860 g/mol. The molecule has 0 aliphatic heterocycles. The van der Waals surface area contributed by atoms with E-state index in [4.69, 9.17) is 30.3 Å². The monoisotopic (exact) mass is 1860 g/mol. The Morgan fingerprint density at radius 3 is 1.03 bits per heavy atom. The first kappa shape index (κ1) is 84.0. The zero-order chi connectivity index (χ0) is 103. The third kappa shape index (κ3) is 17.0. The number of nitrogens with zero attached hydrogens (tertiary/aromatic N) is 10. The molecule has 0 atom stereocenters. The minimum Gasteiger partial charge on any atom is -0.437 e. The van der Waals surface area contributed by atoms with Gasteiger partial charge in [-0.05, 0) is 244 Å². The van der Waals surface area contributed by atoms with Crippen LogP contribution < -0.4 is 22.8 Å². The highest BCUT2D eigenvalue weighted by molar-refractivity contribution is 6.15. The summed E-state index contributed by atoms with van der Waals surface area (Å²) in [5.74, 6) is 0. The van der Waals surface area contributed by atoms with Crippen LogP contribution >= 0.6 is 0 Å². The van der Waals surface area contributed by atoms with Gasteiger partial charge in [0.05, 0.1) is 27.8 Å². The lowest BCUT2D eigenvalue weighted by Gasteiger charge is -2.11. The second-order valence-electron chi connectivity index (χ2n) is 37.0. The van der Waals surface area contributed by atoms with Crippen molar-refractivity contribution in [1.82, 2.24) is 24.9 Å². The summed E-state index contributed by atoms with van der Waals surface area (Å²) >= 11 is 0. The van der Waals surface area contributed by atoms with E-state index in [1.54, 1.807) is 30.7 Å². The van der Waals surface area contributed by atoms with E-state index in [2.05, 4.69) is 342 Å². The Labute approximate surface area is 833 Å². The van der Waals surface area contributed by atoms with Crippen LogP contribution in [0.4, 0.5) is 0 Å². The predicted molar refractivity (Wildman–Crippen MR) is 575 cm³/mol. The zero-order valence-corrected chi connectivity index (χ0v) is 82.0. The van der Waals surface area contributed by atoms with Crippen LogP contribution in [0.3, 0.4) is 0 Å². The van der Waals surface area contributed by atoms with Crippen LogP contribution in [0.2, 0.25) is 0 Å². The van der Waals surface area contributed by atoms with Gasteiger partial charge < -0.3 is 22.1 Å². The van der Waals surface area contributed by atoms with Crippen molar-refractivity contribution >= 4 is 110 Å². The largest absolute Gasteiger partial charge is 0.437 e. The maximum Gasteiger partial charge on any atom is 0.227 e. The molecule has 0 aliphatic carbocycles. The minimum absolute atomic E-state index is 0.293. The highest BCUT2D eigenvalue weighted by Gasteiger charge is 2.31. The molecule has 0 saturated carbocycles. The second kappa shape index (κ2) is 37.9. The molecule has 0 N–H and O–H groups in total. The van der Waals surface area contributed by atoms with E-state index in [-0.39, 0.29) is 0 Å². The fourth-order valence-electron chi connectivity index (χ4n) is 20.2. The lowest BCUT2D eigenvalue weighted by molar-refractivity contribution is -0.660. The molecular formula is C127H109N10O5+5. The Bertz CT molecular complexity index is 9510. The molecule has 15 heterocycles. The van der Waals surface area contributed by atoms with Crippen LogP contribution in [0.1, 0.15) is 75.2 Å². The van der Waals surface area contributed by atoms with Gasteiger partial charge in [0.25, 0.3) is 0 Å². The molecule has 25 aromatic rings. The number of furan rings is 5. The van der Waals surface area contributed by atoms with Crippen molar-refractivity contribution in [3.63, 3.8) is 0 Å². The molecule has 692 valence electrons. The second-order valence-corrected chi connectivity index (χ2v) is 37.0. The fraction of sp³-hybridized carbons (Fsp3) is 0.134. The Kier molecular flexibility index (Phi) is 22.4. The summed E-state index contributed by atoms with van der Waals surface area (Å²) in [6, 6.07) is 103. The number of pyridine rings is 10. The minimum atomic E-state index is -2.27. The lowest BCUT2D eigenvalue weighted by atomic mass is 9.95. The zero-order valence-electron chi connectivity index (χ0n) is 88.0. The van der Waals surface area contributed by atoms with Gasteiger partial charge in [-0.3, -0.25) is 0 Å². The van der Waals surface area contributed by atoms with Crippen LogP contribution in [0.25, 0.3) is 222 Å². The van der Waals surface area contributed by atoms with Gasteiger partial charge in [0.2, 0.25) is 57.0 Å². The number of aryl methyl sites for hydroxylation is 17. The smallest absolute Gasteiger partial charge is 0.227 e. The molecule has 10 aromatic carbocycles. The number of rotatable bonds is 10. The summed E-state index contributed by atoms with van der Waals surface area (Å²) in [6.07, 6.45) is 15.9. The Morgan fingerprint density at radius 2 is 0.570 bits per heavy atom. The van der Waals surface area contributed by atoms with Gasteiger partial charge in [-0.2, -0.15) is 0 Å². The van der Waals surface area contributed by atoms with Gasteiger partial charge in [-0.25, -0.2) is 47.8 Å². The summed E-state index contributed by atoms with van der Waals surface area (Å²) in [7, 11) is 10.3. The van der Waals surface area contributed by atoms with Gasteiger partial charge in [0.1, 0.15) is 35.2 Å². The van der Waals surface area contributed by atoms with E-state index >= 15 is 0 Å². The van der Waals surface area contributed by atoms with E-state index in [0.29, 0.717) is 61.6 Å². The molecule has 0 bridgehead atoms. The van der Waals surface area contributed by atoms with Gasteiger partial charge in [0, 0.05) is 151 Å². The third-order valence-electron chi connectivity index (χ3n) is 27.2. The van der Waals surface area contributed by atoms with Crippen LogP contribution in [-0.2, 0) is 35.2 Å². The first-order valence-corrected chi connectivity index (χ1v) is 47.7. The summed E-state index contributed by atoms with van der Waals surface area (Å²) in [6.45, 7) is 15.9. The summed E-state index contributed by atoms with van der Waals surface area (Å²) < 4.78 is 90.6. The van der Waals surface area contributed by atoms with Crippen molar-refractivity contribution in [2.24, 2.45) is 35.2 Å². The van der Waals surface area contributed by atoms with E-state index < -0.39 is 13.7 Å². The molecule has 15 aromatic heterocycles. The molecular weight excluding hydrogens is 1750 g/mol. The molecule has 0 spiro atoms. The molecule has 0 amide bonds. The maximum absolute atomic E-state index is 8.15. The number of aromatic nitrogens is 10. The summed E-state index contributed by atoms with van der Waals surface area (Å²) in [5.41, 5.74) is 40.1. The number of hydrogen-bond donors (Lipinski definition) is 0. The molecule has 0 unspecified atom stereocenters. The van der Waals surface area contributed by atoms with E-state index in [1.165, 1.54) is 61.2 Å². The summed E-state index contributed by atoms with van der Waals surface area (Å²) in [4.78, 5) is 22.3. The Balaban J connectivity index is 0.000000109. The average Bonchev–Trinajstić information content (AvgIpc) is 1.53. The van der Waals surface area contributed by atoms with Gasteiger partial charge in [-0.1, -0.05) is 194 Å². The number of benzene rings is 10. The first-order valence-electron chi connectivity index (χ1n) is 50.7. The van der Waals surface area contributed by atoms with Crippen molar-refractivity contribution in [2.45, 2.75) is 82.9 Å². The molecule has 0 saturated heterocycles. The van der Waals surface area contributed by atoms with E-state index in [1.807, 2.05) is 133 Å². The van der Waals surface area contributed by atoms with Crippen molar-refractivity contribution in [3.05, 3.63) is 420 Å². The molecule has 0 fully saturated rings. The van der Waals surface area contributed by atoms with Crippen LogP contribution in [0.15, 0.2) is 375 Å². The predicted octanol–water partition coefficient (Wildman–Crippen LogP) is 29.4. The van der Waals surface area contributed by atoms with Gasteiger partial charge in [0.15, 0.2) is 58.9 Å². The SMILES string of the molecule is Cc1c[n+](C)c(-c2c(C)ccc3c2oc2ncccc23)cc1-c1ccccc1.Cc1cc(C)c2c(oc3ncccc32)c1-c1cc(-c2ccccc2)cc[n+]1C.Cc1ccc2c(oc3ncccc32)c1-c1cc(-c2ccccc2)cc[n+]1C.[2H]C([2H])([2H])c1cc(C)c(-c2cc(C)c(-c3ccccc3)c[n+]2C)c2oc3nc(C)ccc3c12.[2H]C([2H])([2H])c1cc(C)c(-c2ccc(-c3ccccc3)c[n+]2C)c2oc3nc(C)ccc3c12. The number of fused-ring (bicyclic) bond motifs is 15. The van der Waals surface area contributed by atoms with Gasteiger partial charge >= 0.3 is 0 Å². The Hall–Kier alpha value is -17.3. The highest BCUT2D eigenvalue weighted by atomic mass is 16.4. The van der Waals surface area contributed by atoms with E-state index in [9.17, 15) is 0 Å². The molecule has 15 nitrogen and oxygen atoms in total. The van der Waals surface area contributed by atoms with E-state index in [0.717, 1.165) is 166 Å². The standard InChI is InChI=1S/C27H25N2O.C26H23N2O.2C25H21N2O.C24H19N2O/c1-16-14-23(29(5)15-22(16)20-9-7-6-8-10-20)25-18(3)13-17(2)24-21-12-11-19(4)28-27(21)30-26(24)25;1-16-14-17(2)24(25-23(16)21-12-10-18(3)27-26(21)29-25)22-13-11-20(15-28(22)4)19-8-6-5-7-9-19;1-16-11-12-19-20-10-7-13-26-25(20)28-24(19)23(16)22-14-21(17(2)15-27(22)3)18-8-5-4-6-9-18;1-16-14-17(2)23(24-22(16)20-10-7-12-26-25(20)28-24)21-15-19(11-13-27(21)3)18-8-5-4-6-9-18;1-16-10-11-19-20-9-6-13-25-24(20)27-23(19)22(16)21-15-18(12-14-26(21)2)17-7-4-3-5-8-17/h6-15H,1-5H3;5-15H,1-4H3;2*4-15H,1-3H3;3-15H,1-2H3/q5*+1/i2D3;1D3;;;. The maximum atomic E-state index is 8.15. The van der Waals surface area contributed by atoms with Crippen molar-refractivity contribution in [1.29, 1.82) is 0 Å². The lowest BCUT2D eigenvalue weighted by Crippen LogP contribution is -2.31. The number of hydrogen-bond acceptors (Lipinski definition) is 10. The molecule has 0 radical (unpaired) electrons. The fourth-order valence-corrected chi connectivity index (χ4v) is 20.2. The molecule has 15 heteroatoms. The molecule has 142 heavy (non-hydrogen) atoms. The normalized spacial score (nSPS) is 12.2. The van der Waals surface area contributed by atoms with Crippen LogP contribution in [-0.4, -0.2) is 24.9 Å². The summed E-state index contributed by atoms with van der Waals surface area (Å²) in [5, 5.41) is 9.20. The quantitative estimate of drug-likeness (QED) is 0.121. The van der Waals surface area contributed by atoms with Crippen molar-refractivity contribution < 1.29 is 53.1 Å². The molecule has 0 aliphatic rings. The third-order valence-corrected chi connectivity index (χ3v) is 27.2. The van der Waals surface area contributed by atoms with Crippen molar-refractivity contribution in [3.8, 4) is 112 Å².